The van der Waals surface area contributed by atoms with Gasteiger partial charge in [0, 0.05) is 25.2 Å². The highest BCUT2D eigenvalue weighted by molar-refractivity contribution is 5.90. The number of hydrogen-bond acceptors (Lipinski definition) is 4. The molecule has 1 heterocycles. The van der Waals surface area contributed by atoms with Crippen LogP contribution in [-0.2, 0) is 9.59 Å². The van der Waals surface area contributed by atoms with Crippen LogP contribution in [0.2, 0.25) is 0 Å². The summed E-state index contributed by atoms with van der Waals surface area (Å²) >= 11 is 0. The number of carboxylic acids is 1. The maximum absolute atomic E-state index is 11.9. The fourth-order valence-corrected chi connectivity index (χ4v) is 2.62. The molecule has 0 spiro atoms. The Kier molecular flexibility index (Phi) is 7.85. The Balaban J connectivity index is 0.00000264. The minimum absolute atomic E-state index is 0. The molecule has 1 aliphatic rings. The Morgan fingerprint density at radius 1 is 1.35 bits per heavy atom. The third kappa shape index (κ3) is 6.08. The number of piperidine rings is 1. The van der Waals surface area contributed by atoms with E-state index in [9.17, 15) is 9.59 Å². The highest BCUT2D eigenvalue weighted by Gasteiger charge is 2.25. The molecule has 6 nitrogen and oxygen atoms in total. The Labute approximate surface area is 142 Å². The molecule has 1 saturated heterocycles. The van der Waals surface area contributed by atoms with Gasteiger partial charge >= 0.3 is 5.97 Å². The lowest BCUT2D eigenvalue weighted by Crippen LogP contribution is -2.40. The summed E-state index contributed by atoms with van der Waals surface area (Å²) in [6.07, 6.45) is 1.96. The van der Waals surface area contributed by atoms with Gasteiger partial charge in [-0.3, -0.25) is 9.59 Å². The van der Waals surface area contributed by atoms with Crippen LogP contribution in [-0.4, -0.2) is 48.6 Å². The fourth-order valence-electron chi connectivity index (χ4n) is 2.62. The van der Waals surface area contributed by atoms with Gasteiger partial charge in [0.2, 0.25) is 5.91 Å². The van der Waals surface area contributed by atoms with Crippen molar-refractivity contribution in [2.24, 2.45) is 5.92 Å². The molecule has 1 aromatic carbocycles. The van der Waals surface area contributed by atoms with Crippen LogP contribution in [0.3, 0.4) is 0 Å². The Morgan fingerprint density at radius 2 is 2.04 bits per heavy atom. The van der Waals surface area contributed by atoms with Crippen LogP contribution < -0.4 is 10.1 Å². The lowest BCUT2D eigenvalue weighted by Gasteiger charge is -2.30. The van der Waals surface area contributed by atoms with E-state index in [1.165, 1.54) is 0 Å². The van der Waals surface area contributed by atoms with Crippen LogP contribution in [0.5, 0.6) is 5.75 Å². The number of amides is 1. The van der Waals surface area contributed by atoms with Crippen LogP contribution in [0.4, 0.5) is 5.69 Å². The van der Waals surface area contributed by atoms with Crippen molar-refractivity contribution in [1.29, 1.82) is 0 Å². The average Bonchev–Trinajstić information content (AvgIpc) is 2.54. The minimum atomic E-state index is -0.743. The number of aliphatic carboxylic acids is 1. The summed E-state index contributed by atoms with van der Waals surface area (Å²) in [5.74, 6) is -0.376. The summed E-state index contributed by atoms with van der Waals surface area (Å²) in [6, 6.07) is 7.16. The third-order valence-corrected chi connectivity index (χ3v) is 3.88. The van der Waals surface area contributed by atoms with Crippen molar-refractivity contribution in [3.63, 3.8) is 0 Å². The number of hydrogen-bond donors (Lipinski definition) is 2. The number of carbonyl (C=O) groups excluding carboxylic acids is 1. The summed E-state index contributed by atoms with van der Waals surface area (Å²) in [4.78, 5) is 25.0. The molecule has 1 aliphatic heterocycles. The Bertz CT molecular complexity index is 521. The van der Waals surface area contributed by atoms with E-state index in [1.807, 2.05) is 0 Å². The molecule has 0 saturated carbocycles. The second-order valence-corrected chi connectivity index (χ2v) is 5.50. The molecule has 0 bridgehead atoms. The number of halogens is 1. The molecule has 7 heteroatoms. The molecule has 1 fully saturated rings. The summed E-state index contributed by atoms with van der Waals surface area (Å²) in [6.45, 7) is 1.98. The number of carboxylic acid groups (broad SMARTS) is 1. The molecular formula is C16H23ClN2O4. The van der Waals surface area contributed by atoms with Gasteiger partial charge in [0.1, 0.15) is 5.75 Å². The van der Waals surface area contributed by atoms with Crippen molar-refractivity contribution in [1.82, 2.24) is 4.90 Å². The normalized spacial score (nSPS) is 17.9. The number of benzene rings is 1. The second-order valence-electron chi connectivity index (χ2n) is 5.50. The Morgan fingerprint density at radius 3 is 2.65 bits per heavy atom. The molecule has 2 rings (SSSR count). The van der Waals surface area contributed by atoms with Gasteiger partial charge in [-0.05, 0) is 43.7 Å². The summed E-state index contributed by atoms with van der Waals surface area (Å²) in [5, 5.41) is 11.9. The van der Waals surface area contributed by atoms with E-state index in [2.05, 4.69) is 10.2 Å². The molecule has 1 aromatic rings. The van der Waals surface area contributed by atoms with Crippen molar-refractivity contribution >= 4 is 30.0 Å². The molecule has 128 valence electrons. The highest BCUT2D eigenvalue weighted by Crippen LogP contribution is 2.17. The van der Waals surface area contributed by atoms with Gasteiger partial charge in [-0.15, -0.1) is 12.4 Å². The monoisotopic (exact) mass is 342 g/mol. The molecule has 2 N–H and O–H groups in total. The first-order valence-electron chi connectivity index (χ1n) is 7.47. The zero-order valence-electron chi connectivity index (χ0n) is 13.2. The topological polar surface area (TPSA) is 78.9 Å². The van der Waals surface area contributed by atoms with Gasteiger partial charge in [0.05, 0.1) is 13.0 Å². The molecule has 0 aliphatic carbocycles. The van der Waals surface area contributed by atoms with E-state index < -0.39 is 5.97 Å². The van der Waals surface area contributed by atoms with E-state index in [0.717, 1.165) is 30.8 Å². The molecular weight excluding hydrogens is 320 g/mol. The van der Waals surface area contributed by atoms with Crippen LogP contribution in [0.15, 0.2) is 24.3 Å². The predicted molar refractivity (Wildman–Crippen MR) is 90.3 cm³/mol. The van der Waals surface area contributed by atoms with Crippen molar-refractivity contribution in [2.45, 2.75) is 19.3 Å². The first-order chi connectivity index (χ1) is 10.6. The highest BCUT2D eigenvalue weighted by atomic mass is 35.5. The summed E-state index contributed by atoms with van der Waals surface area (Å²) in [7, 11) is 1.59. The summed E-state index contributed by atoms with van der Waals surface area (Å²) in [5.41, 5.74) is 0.729. The van der Waals surface area contributed by atoms with Gasteiger partial charge in [-0.2, -0.15) is 0 Å². The molecule has 23 heavy (non-hydrogen) atoms. The SMILES string of the molecule is COc1ccc(NC(=O)CCN2CCCC(C(=O)O)C2)cc1.Cl. The number of rotatable bonds is 6. The maximum atomic E-state index is 11.9. The number of anilines is 1. The number of methoxy groups -OCH3 is 1. The van der Waals surface area contributed by atoms with Crippen molar-refractivity contribution < 1.29 is 19.4 Å². The number of likely N-dealkylation sites (tertiary alicyclic amines) is 1. The van der Waals surface area contributed by atoms with Crippen LogP contribution in [0, 0.1) is 5.92 Å². The quantitative estimate of drug-likeness (QED) is 0.829. The van der Waals surface area contributed by atoms with Gasteiger partial charge in [-0.1, -0.05) is 0 Å². The molecule has 1 amide bonds. The first-order valence-corrected chi connectivity index (χ1v) is 7.47. The molecule has 1 unspecified atom stereocenters. The second kappa shape index (κ2) is 9.37. The van der Waals surface area contributed by atoms with Gasteiger partial charge < -0.3 is 20.1 Å². The van der Waals surface area contributed by atoms with Crippen molar-refractivity contribution in [3.05, 3.63) is 24.3 Å². The van der Waals surface area contributed by atoms with Gasteiger partial charge in [0.15, 0.2) is 0 Å². The first kappa shape index (κ1) is 19.3. The smallest absolute Gasteiger partial charge is 0.307 e. The van der Waals surface area contributed by atoms with Crippen LogP contribution in [0.25, 0.3) is 0 Å². The number of nitrogens with zero attached hydrogens (tertiary/aromatic N) is 1. The van der Waals surface area contributed by atoms with Crippen molar-refractivity contribution in [2.75, 3.05) is 32.1 Å². The largest absolute Gasteiger partial charge is 0.497 e. The molecule has 0 aromatic heterocycles. The number of nitrogens with one attached hydrogen (secondary N) is 1. The van der Waals surface area contributed by atoms with Crippen LogP contribution >= 0.6 is 12.4 Å². The van der Waals surface area contributed by atoms with E-state index in [-0.39, 0.29) is 24.2 Å². The Hall–Kier alpha value is -1.79. The number of carbonyl (C=O) groups is 2. The summed E-state index contributed by atoms with van der Waals surface area (Å²) < 4.78 is 5.06. The average molecular weight is 343 g/mol. The van der Waals surface area contributed by atoms with E-state index in [0.29, 0.717) is 19.5 Å². The molecule has 1 atom stereocenters. The fraction of sp³-hybridized carbons (Fsp3) is 0.500. The van der Waals surface area contributed by atoms with Gasteiger partial charge in [0.25, 0.3) is 0 Å². The standard InChI is InChI=1S/C16H22N2O4.ClH/c1-22-14-6-4-13(5-7-14)17-15(19)8-10-18-9-2-3-12(11-18)16(20)21;/h4-7,12H,2-3,8-11H2,1H3,(H,17,19)(H,20,21);1H. The van der Waals surface area contributed by atoms with Crippen molar-refractivity contribution in [3.8, 4) is 5.75 Å². The molecule has 0 radical (unpaired) electrons. The van der Waals surface area contributed by atoms with E-state index in [1.54, 1.807) is 31.4 Å². The van der Waals surface area contributed by atoms with Crippen LogP contribution in [0.1, 0.15) is 19.3 Å². The zero-order valence-corrected chi connectivity index (χ0v) is 14.0. The minimum Gasteiger partial charge on any atom is -0.497 e. The van der Waals surface area contributed by atoms with E-state index >= 15 is 0 Å². The third-order valence-electron chi connectivity index (χ3n) is 3.88. The lowest BCUT2D eigenvalue weighted by molar-refractivity contribution is -0.143. The maximum Gasteiger partial charge on any atom is 0.307 e. The number of ether oxygens (including phenoxy) is 1. The van der Waals surface area contributed by atoms with E-state index in [4.69, 9.17) is 9.84 Å². The predicted octanol–water partition coefficient (Wildman–Crippen LogP) is 2.24. The van der Waals surface area contributed by atoms with Gasteiger partial charge in [-0.25, -0.2) is 0 Å². The lowest BCUT2D eigenvalue weighted by atomic mass is 9.98. The zero-order chi connectivity index (χ0) is 15.9.